The van der Waals surface area contributed by atoms with E-state index in [2.05, 4.69) is 0 Å². The third-order valence-electron chi connectivity index (χ3n) is 2.80. The van der Waals surface area contributed by atoms with Crippen LogP contribution in [0.4, 0.5) is 0 Å². The van der Waals surface area contributed by atoms with E-state index in [9.17, 15) is 9.59 Å². The number of nitrogens with zero attached hydrogens (tertiary/aromatic N) is 1. The molecule has 1 aromatic carbocycles. The molecule has 0 saturated heterocycles. The minimum absolute atomic E-state index is 0.0990. The number of carboxylic acids is 1. The van der Waals surface area contributed by atoms with Gasteiger partial charge >= 0.3 is 5.97 Å². The van der Waals surface area contributed by atoms with Crippen LogP contribution in [0.3, 0.4) is 0 Å². The fourth-order valence-corrected chi connectivity index (χ4v) is 2.07. The number of carbonyl (C=O) groups is 2. The molecular formula is C13H16Cl2N2O3. The molecular weight excluding hydrogens is 303 g/mol. The first-order valence-corrected chi connectivity index (χ1v) is 6.73. The lowest BCUT2D eigenvalue weighted by Gasteiger charge is -2.21. The maximum Gasteiger partial charge on any atom is 0.303 e. The van der Waals surface area contributed by atoms with Crippen molar-refractivity contribution in [3.63, 3.8) is 0 Å². The summed E-state index contributed by atoms with van der Waals surface area (Å²) in [6.07, 6.45) is -0.0412. The minimum Gasteiger partial charge on any atom is -0.481 e. The van der Waals surface area contributed by atoms with Gasteiger partial charge in [0.15, 0.2) is 0 Å². The van der Waals surface area contributed by atoms with E-state index >= 15 is 0 Å². The Balaban J connectivity index is 2.65. The summed E-state index contributed by atoms with van der Waals surface area (Å²) in [5, 5.41) is 9.39. The van der Waals surface area contributed by atoms with Gasteiger partial charge in [0, 0.05) is 20.0 Å². The van der Waals surface area contributed by atoms with Gasteiger partial charge in [-0.2, -0.15) is 0 Å². The maximum atomic E-state index is 12.0. The summed E-state index contributed by atoms with van der Waals surface area (Å²) in [4.78, 5) is 23.9. The first-order valence-electron chi connectivity index (χ1n) is 5.98. The van der Waals surface area contributed by atoms with Crippen LogP contribution in [0.15, 0.2) is 18.2 Å². The normalized spacial score (nSPS) is 12.0. The van der Waals surface area contributed by atoms with Crippen molar-refractivity contribution in [3.8, 4) is 0 Å². The predicted molar refractivity (Wildman–Crippen MR) is 77.8 cm³/mol. The summed E-state index contributed by atoms with van der Waals surface area (Å²) >= 11 is 11.9. The van der Waals surface area contributed by atoms with Crippen molar-refractivity contribution in [1.82, 2.24) is 4.90 Å². The summed E-state index contributed by atoms with van der Waals surface area (Å²) in [6, 6.07) is 4.33. The monoisotopic (exact) mass is 318 g/mol. The highest BCUT2D eigenvalue weighted by atomic mass is 35.5. The number of likely N-dealkylation sites (N-methyl/N-ethyl adjacent to an activating group) is 1. The quantitative estimate of drug-likeness (QED) is 0.841. The van der Waals surface area contributed by atoms with E-state index in [-0.39, 0.29) is 25.3 Å². The van der Waals surface area contributed by atoms with Crippen molar-refractivity contribution in [2.24, 2.45) is 5.73 Å². The standard InChI is InChI=1S/C13H16Cl2N2O3/c1-17(13(20)10(16)5-6-11(18)19)7-8-3-2-4-9(14)12(8)15/h2-4,10H,5-7,16H2,1H3,(H,18,19). The van der Waals surface area contributed by atoms with Gasteiger partial charge in [-0.15, -0.1) is 0 Å². The second-order valence-corrected chi connectivity index (χ2v) is 5.23. The van der Waals surface area contributed by atoms with Crippen molar-refractivity contribution in [2.75, 3.05) is 7.05 Å². The topological polar surface area (TPSA) is 83.6 Å². The highest BCUT2D eigenvalue weighted by Crippen LogP contribution is 2.26. The molecule has 0 spiro atoms. The number of carbonyl (C=O) groups excluding carboxylic acids is 1. The molecule has 1 amide bonds. The number of hydrogen-bond acceptors (Lipinski definition) is 3. The molecule has 1 unspecified atom stereocenters. The molecule has 5 nitrogen and oxygen atoms in total. The van der Waals surface area contributed by atoms with E-state index in [1.54, 1.807) is 25.2 Å². The Morgan fingerprint density at radius 3 is 2.65 bits per heavy atom. The van der Waals surface area contributed by atoms with Gasteiger partial charge in [-0.1, -0.05) is 35.3 Å². The molecule has 0 fully saturated rings. The van der Waals surface area contributed by atoms with Gasteiger partial charge in [0.1, 0.15) is 0 Å². The smallest absolute Gasteiger partial charge is 0.303 e. The van der Waals surface area contributed by atoms with Gasteiger partial charge in [-0.25, -0.2) is 0 Å². The SMILES string of the molecule is CN(Cc1cccc(Cl)c1Cl)C(=O)C(N)CCC(=O)O. The van der Waals surface area contributed by atoms with Gasteiger partial charge in [-0.05, 0) is 18.1 Å². The summed E-state index contributed by atoms with van der Waals surface area (Å²) in [5.74, 6) is -1.31. The van der Waals surface area contributed by atoms with E-state index in [0.29, 0.717) is 15.6 Å². The third-order valence-corrected chi connectivity index (χ3v) is 3.66. The van der Waals surface area contributed by atoms with Gasteiger partial charge in [-0.3, -0.25) is 9.59 Å². The number of rotatable bonds is 6. The summed E-state index contributed by atoms with van der Waals surface area (Å²) < 4.78 is 0. The molecule has 1 rings (SSSR count). The van der Waals surface area contributed by atoms with Crippen molar-refractivity contribution in [1.29, 1.82) is 0 Å². The molecule has 20 heavy (non-hydrogen) atoms. The Labute approximate surface area is 127 Å². The lowest BCUT2D eigenvalue weighted by Crippen LogP contribution is -2.41. The highest BCUT2D eigenvalue weighted by Gasteiger charge is 2.20. The summed E-state index contributed by atoms with van der Waals surface area (Å²) in [5.41, 5.74) is 6.38. The summed E-state index contributed by atoms with van der Waals surface area (Å²) in [7, 11) is 1.58. The Bertz CT molecular complexity index is 508. The van der Waals surface area contributed by atoms with Crippen molar-refractivity contribution < 1.29 is 14.7 Å². The van der Waals surface area contributed by atoms with E-state index < -0.39 is 12.0 Å². The molecule has 0 bridgehead atoms. The van der Waals surface area contributed by atoms with Crippen molar-refractivity contribution in [2.45, 2.75) is 25.4 Å². The van der Waals surface area contributed by atoms with E-state index in [0.717, 1.165) is 0 Å². The molecule has 1 atom stereocenters. The highest BCUT2D eigenvalue weighted by molar-refractivity contribution is 6.42. The molecule has 0 aliphatic rings. The third kappa shape index (κ3) is 4.67. The average Bonchev–Trinajstić information content (AvgIpc) is 2.40. The van der Waals surface area contributed by atoms with Crippen LogP contribution in [0.25, 0.3) is 0 Å². The number of halogens is 2. The molecule has 0 saturated carbocycles. The fraction of sp³-hybridized carbons (Fsp3) is 0.385. The molecule has 0 aliphatic carbocycles. The average molecular weight is 319 g/mol. The van der Waals surface area contributed by atoms with Gasteiger partial charge in [0.2, 0.25) is 5.91 Å². The molecule has 3 N–H and O–H groups in total. The minimum atomic E-state index is -0.978. The fourth-order valence-electron chi connectivity index (χ4n) is 1.69. The second-order valence-electron chi connectivity index (χ2n) is 4.45. The van der Waals surface area contributed by atoms with E-state index in [1.165, 1.54) is 4.90 Å². The Morgan fingerprint density at radius 1 is 1.40 bits per heavy atom. The molecule has 7 heteroatoms. The molecule has 110 valence electrons. The van der Waals surface area contributed by atoms with Crippen LogP contribution < -0.4 is 5.73 Å². The number of benzene rings is 1. The van der Waals surface area contributed by atoms with E-state index in [4.69, 9.17) is 34.0 Å². The molecule has 1 aromatic rings. The van der Waals surface area contributed by atoms with Crippen LogP contribution in [0, 0.1) is 0 Å². The zero-order valence-corrected chi connectivity index (χ0v) is 12.5. The lowest BCUT2D eigenvalue weighted by atomic mass is 10.1. The second kappa shape index (κ2) is 7.47. The number of carboxylic acid groups (broad SMARTS) is 1. The zero-order chi connectivity index (χ0) is 15.3. The van der Waals surface area contributed by atoms with Crippen LogP contribution in [-0.2, 0) is 16.1 Å². The van der Waals surface area contributed by atoms with Gasteiger partial charge < -0.3 is 15.7 Å². The van der Waals surface area contributed by atoms with Crippen LogP contribution in [-0.4, -0.2) is 35.0 Å². The van der Waals surface area contributed by atoms with Crippen LogP contribution in [0.2, 0.25) is 10.0 Å². The Kier molecular flexibility index (Phi) is 6.26. The largest absolute Gasteiger partial charge is 0.481 e. The lowest BCUT2D eigenvalue weighted by molar-refractivity contribution is -0.137. The first kappa shape index (κ1) is 16.8. The number of amides is 1. The number of hydrogen-bond donors (Lipinski definition) is 2. The molecule has 0 radical (unpaired) electrons. The Hall–Kier alpha value is -1.30. The maximum absolute atomic E-state index is 12.0. The Morgan fingerprint density at radius 2 is 2.05 bits per heavy atom. The van der Waals surface area contributed by atoms with Crippen LogP contribution in [0.1, 0.15) is 18.4 Å². The number of aliphatic carboxylic acids is 1. The van der Waals surface area contributed by atoms with Gasteiger partial charge in [0.25, 0.3) is 0 Å². The zero-order valence-electron chi connectivity index (χ0n) is 11.0. The van der Waals surface area contributed by atoms with Crippen LogP contribution in [0.5, 0.6) is 0 Å². The predicted octanol–water partition coefficient (Wildman–Crippen LogP) is 2.14. The van der Waals surface area contributed by atoms with Crippen molar-refractivity contribution >= 4 is 35.1 Å². The molecule has 0 aliphatic heterocycles. The van der Waals surface area contributed by atoms with E-state index in [1.807, 2.05) is 0 Å². The van der Waals surface area contributed by atoms with Crippen LogP contribution >= 0.6 is 23.2 Å². The number of nitrogens with two attached hydrogens (primary N) is 1. The van der Waals surface area contributed by atoms with Crippen molar-refractivity contribution in [3.05, 3.63) is 33.8 Å². The molecule has 0 heterocycles. The molecule has 0 aromatic heterocycles. The first-order chi connectivity index (χ1) is 9.32. The van der Waals surface area contributed by atoms with Gasteiger partial charge in [0.05, 0.1) is 16.1 Å². The summed E-state index contributed by atoms with van der Waals surface area (Å²) in [6.45, 7) is 0.263.